The molecule has 15 heavy (non-hydrogen) atoms. The number of aromatic nitrogens is 1. The molecule has 0 bridgehead atoms. The number of aliphatic hydroxyl groups excluding tert-OH is 1. The van der Waals surface area contributed by atoms with Crippen LogP contribution in [0.1, 0.15) is 38.9 Å². The highest BCUT2D eigenvalue weighted by Crippen LogP contribution is 2.20. The number of pyridine rings is 1. The Morgan fingerprint density at radius 3 is 2.53 bits per heavy atom. The second kappa shape index (κ2) is 6.13. The maximum atomic E-state index is 9.32. The lowest BCUT2D eigenvalue weighted by Crippen LogP contribution is -1.93. The lowest BCUT2D eigenvalue weighted by molar-refractivity contribution is 0.198. The van der Waals surface area contributed by atoms with E-state index in [2.05, 4.69) is 18.8 Å². The first kappa shape index (κ1) is 12.5. The van der Waals surface area contributed by atoms with E-state index in [9.17, 15) is 5.11 Å². The van der Waals surface area contributed by atoms with Gasteiger partial charge < -0.3 is 5.11 Å². The Morgan fingerprint density at radius 1 is 1.33 bits per heavy atom. The molecule has 0 saturated carbocycles. The van der Waals surface area contributed by atoms with E-state index >= 15 is 0 Å². The smallest absolute Gasteiger partial charge is 0.0960 e. The van der Waals surface area contributed by atoms with Crippen LogP contribution in [-0.2, 0) is 0 Å². The monoisotopic (exact) mass is 225 g/mol. The summed E-state index contributed by atoms with van der Waals surface area (Å²) in [6.07, 6.45) is 2.54. The van der Waals surface area contributed by atoms with Crippen molar-refractivity contribution in [3.05, 3.63) is 23.9 Å². The van der Waals surface area contributed by atoms with Crippen LogP contribution in [0.3, 0.4) is 0 Å². The van der Waals surface area contributed by atoms with Crippen LogP contribution in [0.15, 0.2) is 23.4 Å². The minimum atomic E-state index is -0.424. The Hall–Kier alpha value is -0.540. The second-order valence-electron chi connectivity index (χ2n) is 4.14. The van der Waals surface area contributed by atoms with E-state index in [0.29, 0.717) is 0 Å². The zero-order valence-corrected chi connectivity index (χ0v) is 10.4. The molecule has 0 saturated heterocycles. The summed E-state index contributed by atoms with van der Waals surface area (Å²) in [5.41, 5.74) is 0.878. The van der Waals surface area contributed by atoms with Gasteiger partial charge in [0, 0.05) is 6.20 Å². The van der Waals surface area contributed by atoms with Crippen LogP contribution in [0.5, 0.6) is 0 Å². The fourth-order valence-corrected chi connectivity index (χ4v) is 2.21. The Morgan fingerprint density at radius 2 is 2.07 bits per heavy atom. The van der Waals surface area contributed by atoms with Crippen LogP contribution in [0.25, 0.3) is 0 Å². The minimum Gasteiger partial charge on any atom is -0.389 e. The first-order valence-electron chi connectivity index (χ1n) is 5.36. The van der Waals surface area contributed by atoms with Crippen molar-refractivity contribution >= 4 is 11.8 Å². The predicted molar refractivity (Wildman–Crippen MR) is 65.0 cm³/mol. The van der Waals surface area contributed by atoms with Crippen molar-refractivity contribution in [1.82, 2.24) is 4.98 Å². The summed E-state index contributed by atoms with van der Waals surface area (Å²) < 4.78 is 0. The molecule has 0 unspecified atom stereocenters. The van der Waals surface area contributed by atoms with Gasteiger partial charge in [-0.05, 0) is 36.6 Å². The van der Waals surface area contributed by atoms with E-state index in [1.807, 2.05) is 12.1 Å². The average Bonchev–Trinajstić information content (AvgIpc) is 2.18. The van der Waals surface area contributed by atoms with E-state index in [1.54, 1.807) is 24.9 Å². The third-order valence-corrected chi connectivity index (χ3v) is 3.16. The van der Waals surface area contributed by atoms with Crippen LogP contribution < -0.4 is 0 Å². The maximum absolute atomic E-state index is 9.32. The zero-order chi connectivity index (χ0) is 11.3. The van der Waals surface area contributed by atoms with Crippen LogP contribution in [-0.4, -0.2) is 15.8 Å². The molecule has 0 aromatic carbocycles. The molecular weight excluding hydrogens is 206 g/mol. The van der Waals surface area contributed by atoms with Gasteiger partial charge in [0.1, 0.15) is 0 Å². The van der Waals surface area contributed by atoms with Crippen molar-refractivity contribution in [3.63, 3.8) is 0 Å². The van der Waals surface area contributed by atoms with Gasteiger partial charge in [-0.2, -0.15) is 0 Å². The third-order valence-electron chi connectivity index (χ3n) is 2.19. The summed E-state index contributed by atoms with van der Waals surface area (Å²) in [4.78, 5) is 4.30. The molecule has 1 N–H and O–H groups in total. The lowest BCUT2D eigenvalue weighted by atomic mass is 10.2. The zero-order valence-electron chi connectivity index (χ0n) is 9.60. The molecule has 0 amide bonds. The van der Waals surface area contributed by atoms with E-state index in [0.717, 1.165) is 22.3 Å². The number of hydrogen-bond donors (Lipinski definition) is 1. The van der Waals surface area contributed by atoms with Crippen molar-refractivity contribution in [3.8, 4) is 0 Å². The van der Waals surface area contributed by atoms with Gasteiger partial charge in [-0.15, -0.1) is 11.8 Å². The van der Waals surface area contributed by atoms with Crippen LogP contribution in [0.4, 0.5) is 0 Å². The van der Waals surface area contributed by atoms with Crippen molar-refractivity contribution in [2.45, 2.75) is 38.3 Å². The molecule has 3 heteroatoms. The van der Waals surface area contributed by atoms with E-state index in [1.165, 1.54) is 6.42 Å². The topological polar surface area (TPSA) is 33.1 Å². The van der Waals surface area contributed by atoms with Gasteiger partial charge in [-0.3, -0.25) is 0 Å². The minimum absolute atomic E-state index is 0.424. The highest BCUT2D eigenvalue weighted by molar-refractivity contribution is 7.99. The number of nitrogens with zero attached hydrogens (tertiary/aromatic N) is 1. The van der Waals surface area contributed by atoms with Gasteiger partial charge in [0.25, 0.3) is 0 Å². The molecule has 0 spiro atoms. The fraction of sp³-hybridized carbons (Fsp3) is 0.583. The number of rotatable bonds is 5. The summed E-state index contributed by atoms with van der Waals surface area (Å²) in [5, 5.41) is 10.4. The first-order chi connectivity index (χ1) is 7.09. The summed E-state index contributed by atoms with van der Waals surface area (Å²) in [7, 11) is 0. The molecule has 0 aliphatic heterocycles. The number of thioether (sulfide) groups is 1. The normalized spacial score (nSPS) is 13.1. The first-order valence-corrected chi connectivity index (χ1v) is 6.35. The Labute approximate surface area is 96.1 Å². The van der Waals surface area contributed by atoms with Gasteiger partial charge in [0.2, 0.25) is 0 Å². The number of hydrogen-bond acceptors (Lipinski definition) is 3. The van der Waals surface area contributed by atoms with Crippen molar-refractivity contribution in [2.24, 2.45) is 5.92 Å². The van der Waals surface area contributed by atoms with Gasteiger partial charge in [-0.25, -0.2) is 4.98 Å². The lowest BCUT2D eigenvalue weighted by Gasteiger charge is -2.06. The molecule has 1 rings (SSSR count). The standard InChI is InChI=1S/C12H19NOS/c1-9(2)6-7-15-12-5-4-11(8-13-12)10(3)14/h4-5,8-10,14H,6-7H2,1-3H3/t10-/m0/s1. The maximum Gasteiger partial charge on any atom is 0.0960 e. The van der Waals surface area contributed by atoms with Gasteiger partial charge >= 0.3 is 0 Å². The van der Waals surface area contributed by atoms with E-state index < -0.39 is 6.10 Å². The van der Waals surface area contributed by atoms with Gasteiger partial charge in [0.15, 0.2) is 0 Å². The summed E-state index contributed by atoms with van der Waals surface area (Å²) in [5.74, 6) is 1.85. The van der Waals surface area contributed by atoms with Gasteiger partial charge in [-0.1, -0.05) is 19.9 Å². The van der Waals surface area contributed by atoms with E-state index in [4.69, 9.17) is 0 Å². The molecule has 0 aliphatic rings. The summed E-state index contributed by atoms with van der Waals surface area (Å²) in [6.45, 7) is 6.21. The Kier molecular flexibility index (Phi) is 5.12. The van der Waals surface area contributed by atoms with Crippen molar-refractivity contribution in [2.75, 3.05) is 5.75 Å². The molecule has 0 radical (unpaired) electrons. The molecule has 1 aromatic heterocycles. The molecule has 0 fully saturated rings. The molecule has 1 atom stereocenters. The van der Waals surface area contributed by atoms with Crippen molar-refractivity contribution in [1.29, 1.82) is 0 Å². The molecule has 0 aliphatic carbocycles. The molecule has 2 nitrogen and oxygen atoms in total. The largest absolute Gasteiger partial charge is 0.389 e. The highest BCUT2D eigenvalue weighted by Gasteiger charge is 2.02. The van der Waals surface area contributed by atoms with Crippen LogP contribution >= 0.6 is 11.8 Å². The average molecular weight is 225 g/mol. The highest BCUT2D eigenvalue weighted by atomic mass is 32.2. The van der Waals surface area contributed by atoms with Crippen LogP contribution in [0, 0.1) is 5.92 Å². The fourth-order valence-electron chi connectivity index (χ4n) is 1.12. The van der Waals surface area contributed by atoms with Crippen molar-refractivity contribution < 1.29 is 5.11 Å². The third kappa shape index (κ3) is 4.67. The van der Waals surface area contributed by atoms with E-state index in [-0.39, 0.29) is 0 Å². The predicted octanol–water partition coefficient (Wildman–Crippen LogP) is 3.27. The SMILES string of the molecule is CC(C)CCSc1ccc([C@H](C)O)cn1. The second-order valence-corrected chi connectivity index (χ2v) is 5.25. The number of aliphatic hydroxyl groups is 1. The van der Waals surface area contributed by atoms with Gasteiger partial charge in [0.05, 0.1) is 11.1 Å². The Balaban J connectivity index is 2.43. The molecule has 1 heterocycles. The molecule has 1 aromatic rings. The Bertz CT molecular complexity index is 282. The van der Waals surface area contributed by atoms with Crippen LogP contribution in [0.2, 0.25) is 0 Å². The molecule has 84 valence electrons. The summed E-state index contributed by atoms with van der Waals surface area (Å²) in [6, 6.07) is 3.92. The molecular formula is C12H19NOS. The quantitative estimate of drug-likeness (QED) is 0.781. The summed E-state index contributed by atoms with van der Waals surface area (Å²) >= 11 is 1.78.